The molecule has 3 rings (SSSR count). The molecule has 0 saturated heterocycles. The van der Waals surface area contributed by atoms with Gasteiger partial charge in [0.2, 0.25) is 5.78 Å². The molecule has 7 heteroatoms. The molecular weight excluding hydrogens is 322 g/mol. The minimum absolute atomic E-state index is 0.0130. The van der Waals surface area contributed by atoms with Gasteiger partial charge < -0.3 is 9.30 Å². The SMILES string of the molecule is COc1ccc(C(=O)c2nccn2Cc2ccccc2[N+](=O)[O-])cc1. The Morgan fingerprint density at radius 3 is 2.60 bits per heavy atom. The zero-order chi connectivity index (χ0) is 17.8. The first-order valence-corrected chi connectivity index (χ1v) is 7.52. The highest BCUT2D eigenvalue weighted by molar-refractivity contribution is 6.06. The van der Waals surface area contributed by atoms with Crippen molar-refractivity contribution >= 4 is 11.5 Å². The number of rotatable bonds is 6. The van der Waals surface area contributed by atoms with Crippen LogP contribution in [0.15, 0.2) is 60.9 Å². The van der Waals surface area contributed by atoms with Crippen molar-refractivity contribution in [3.63, 3.8) is 0 Å². The van der Waals surface area contributed by atoms with Gasteiger partial charge in [0.05, 0.1) is 18.6 Å². The maximum Gasteiger partial charge on any atom is 0.274 e. The summed E-state index contributed by atoms with van der Waals surface area (Å²) in [6.45, 7) is 0.189. The van der Waals surface area contributed by atoms with Gasteiger partial charge in [0.25, 0.3) is 5.69 Å². The summed E-state index contributed by atoms with van der Waals surface area (Å²) < 4.78 is 6.69. The first-order chi connectivity index (χ1) is 12.1. The molecule has 0 spiro atoms. The fourth-order valence-corrected chi connectivity index (χ4v) is 2.52. The van der Waals surface area contributed by atoms with Crippen molar-refractivity contribution < 1.29 is 14.5 Å². The van der Waals surface area contributed by atoms with Crippen molar-refractivity contribution in [1.82, 2.24) is 9.55 Å². The van der Waals surface area contributed by atoms with Crippen LogP contribution in [0.2, 0.25) is 0 Å². The van der Waals surface area contributed by atoms with Crippen LogP contribution in [0.4, 0.5) is 5.69 Å². The highest BCUT2D eigenvalue weighted by atomic mass is 16.6. The van der Waals surface area contributed by atoms with E-state index in [1.165, 1.54) is 12.3 Å². The average Bonchev–Trinajstić information content (AvgIpc) is 3.09. The molecule has 1 aromatic heterocycles. The van der Waals surface area contributed by atoms with Crippen molar-refractivity contribution in [3.8, 4) is 5.75 Å². The summed E-state index contributed by atoms with van der Waals surface area (Å²) >= 11 is 0. The van der Waals surface area contributed by atoms with Crippen LogP contribution in [-0.4, -0.2) is 27.4 Å². The third-order valence-electron chi connectivity index (χ3n) is 3.80. The van der Waals surface area contributed by atoms with Crippen molar-refractivity contribution in [2.45, 2.75) is 6.54 Å². The number of imidazole rings is 1. The summed E-state index contributed by atoms with van der Waals surface area (Å²) in [6.07, 6.45) is 3.14. The fraction of sp³-hybridized carbons (Fsp3) is 0.111. The van der Waals surface area contributed by atoms with Crippen LogP contribution in [0.5, 0.6) is 5.75 Å². The third-order valence-corrected chi connectivity index (χ3v) is 3.80. The Morgan fingerprint density at radius 1 is 1.20 bits per heavy atom. The van der Waals surface area contributed by atoms with E-state index in [1.807, 2.05) is 0 Å². The Hall–Kier alpha value is -3.48. The molecule has 25 heavy (non-hydrogen) atoms. The van der Waals surface area contributed by atoms with E-state index in [-0.39, 0.29) is 23.8 Å². The number of carbonyl (C=O) groups excluding carboxylic acids is 1. The lowest BCUT2D eigenvalue weighted by Crippen LogP contribution is -2.12. The quantitative estimate of drug-likeness (QED) is 0.392. The molecule has 0 aliphatic rings. The van der Waals surface area contributed by atoms with E-state index in [0.29, 0.717) is 16.9 Å². The second kappa shape index (κ2) is 6.96. The van der Waals surface area contributed by atoms with Gasteiger partial charge in [-0.2, -0.15) is 0 Å². The van der Waals surface area contributed by atoms with Gasteiger partial charge >= 0.3 is 0 Å². The number of ketones is 1. The average molecular weight is 337 g/mol. The molecule has 0 amide bonds. The normalized spacial score (nSPS) is 10.4. The van der Waals surface area contributed by atoms with E-state index in [4.69, 9.17) is 4.74 Å². The van der Waals surface area contributed by atoms with Crippen LogP contribution in [0.1, 0.15) is 21.7 Å². The Morgan fingerprint density at radius 2 is 1.92 bits per heavy atom. The smallest absolute Gasteiger partial charge is 0.274 e. The van der Waals surface area contributed by atoms with Gasteiger partial charge in [0, 0.05) is 29.6 Å². The molecule has 0 atom stereocenters. The van der Waals surface area contributed by atoms with Crippen LogP contribution in [0.3, 0.4) is 0 Å². The second-order valence-corrected chi connectivity index (χ2v) is 5.32. The molecule has 3 aromatic rings. The van der Waals surface area contributed by atoms with E-state index in [0.717, 1.165) is 0 Å². The number of nitro groups is 1. The van der Waals surface area contributed by atoms with E-state index in [1.54, 1.807) is 60.3 Å². The standard InChI is InChI=1S/C18H15N3O4/c1-25-15-8-6-13(7-9-15)17(22)18-19-10-11-20(18)12-14-4-2-3-5-16(14)21(23)24/h2-11H,12H2,1H3. The number of aromatic nitrogens is 2. The number of para-hydroxylation sites is 1. The fourth-order valence-electron chi connectivity index (χ4n) is 2.52. The summed E-state index contributed by atoms with van der Waals surface area (Å²) in [5.74, 6) is 0.620. The van der Waals surface area contributed by atoms with Gasteiger partial charge in [-0.15, -0.1) is 0 Å². The maximum atomic E-state index is 12.7. The van der Waals surface area contributed by atoms with Crippen molar-refractivity contribution in [1.29, 1.82) is 0 Å². The summed E-state index contributed by atoms with van der Waals surface area (Å²) in [5, 5.41) is 11.2. The highest BCUT2D eigenvalue weighted by Gasteiger charge is 2.18. The van der Waals surface area contributed by atoms with E-state index in [9.17, 15) is 14.9 Å². The van der Waals surface area contributed by atoms with Crippen LogP contribution in [-0.2, 0) is 6.54 Å². The van der Waals surface area contributed by atoms with Crippen LogP contribution in [0, 0.1) is 10.1 Å². The Balaban J connectivity index is 1.90. The predicted molar refractivity (Wildman–Crippen MR) is 90.9 cm³/mol. The molecular formula is C18H15N3O4. The van der Waals surface area contributed by atoms with Gasteiger partial charge in [-0.3, -0.25) is 14.9 Å². The number of nitro benzene ring substituents is 1. The van der Waals surface area contributed by atoms with Crippen LogP contribution in [0.25, 0.3) is 0 Å². The first-order valence-electron chi connectivity index (χ1n) is 7.52. The molecule has 2 aromatic carbocycles. The number of ether oxygens (including phenoxy) is 1. The maximum absolute atomic E-state index is 12.7. The molecule has 0 radical (unpaired) electrons. The Kier molecular flexibility index (Phi) is 4.56. The second-order valence-electron chi connectivity index (χ2n) is 5.32. The molecule has 0 aliphatic carbocycles. The number of hydrogen-bond acceptors (Lipinski definition) is 5. The van der Waals surface area contributed by atoms with E-state index >= 15 is 0 Å². The van der Waals surface area contributed by atoms with Gasteiger partial charge in [-0.1, -0.05) is 18.2 Å². The monoisotopic (exact) mass is 337 g/mol. The number of methoxy groups -OCH3 is 1. The number of carbonyl (C=O) groups is 1. The van der Waals surface area contributed by atoms with Crippen molar-refractivity contribution in [3.05, 3.63) is 88.0 Å². The van der Waals surface area contributed by atoms with E-state index < -0.39 is 4.92 Å². The largest absolute Gasteiger partial charge is 0.497 e. The lowest BCUT2D eigenvalue weighted by molar-refractivity contribution is -0.385. The molecule has 0 aliphatic heterocycles. The third kappa shape index (κ3) is 3.40. The predicted octanol–water partition coefficient (Wildman–Crippen LogP) is 3.08. The van der Waals surface area contributed by atoms with E-state index in [2.05, 4.69) is 4.98 Å². The lowest BCUT2D eigenvalue weighted by atomic mass is 10.1. The Bertz CT molecular complexity index is 916. The Labute approximate surface area is 143 Å². The molecule has 0 N–H and O–H groups in total. The summed E-state index contributed by atoms with van der Waals surface area (Å²) in [5.41, 5.74) is 0.990. The topological polar surface area (TPSA) is 87.3 Å². The van der Waals surface area contributed by atoms with Gasteiger partial charge in [-0.05, 0) is 24.3 Å². The molecule has 7 nitrogen and oxygen atoms in total. The summed E-state index contributed by atoms with van der Waals surface area (Å²) in [6, 6.07) is 13.2. The minimum Gasteiger partial charge on any atom is -0.497 e. The van der Waals surface area contributed by atoms with Crippen molar-refractivity contribution in [2.24, 2.45) is 0 Å². The summed E-state index contributed by atoms with van der Waals surface area (Å²) in [4.78, 5) is 27.5. The minimum atomic E-state index is -0.433. The number of hydrogen-bond donors (Lipinski definition) is 0. The molecule has 0 saturated carbocycles. The molecule has 0 fully saturated rings. The highest BCUT2D eigenvalue weighted by Crippen LogP contribution is 2.20. The molecule has 0 bridgehead atoms. The zero-order valence-corrected chi connectivity index (χ0v) is 13.5. The van der Waals surface area contributed by atoms with Gasteiger partial charge in [-0.25, -0.2) is 4.98 Å². The molecule has 0 unspecified atom stereocenters. The van der Waals surface area contributed by atoms with Gasteiger partial charge in [0.1, 0.15) is 5.75 Å². The molecule has 1 heterocycles. The van der Waals surface area contributed by atoms with Gasteiger partial charge in [0.15, 0.2) is 5.82 Å². The summed E-state index contributed by atoms with van der Waals surface area (Å²) in [7, 11) is 1.55. The molecule has 126 valence electrons. The lowest BCUT2D eigenvalue weighted by Gasteiger charge is -2.08. The number of nitrogens with zero attached hydrogens (tertiary/aromatic N) is 3. The van der Waals surface area contributed by atoms with Crippen LogP contribution < -0.4 is 4.74 Å². The van der Waals surface area contributed by atoms with Crippen LogP contribution >= 0.6 is 0 Å². The number of benzene rings is 2. The first kappa shape index (κ1) is 16.4. The zero-order valence-electron chi connectivity index (χ0n) is 13.5. The van der Waals surface area contributed by atoms with Crippen molar-refractivity contribution in [2.75, 3.05) is 7.11 Å².